The zero-order valence-corrected chi connectivity index (χ0v) is 12.6. The lowest BCUT2D eigenvalue weighted by molar-refractivity contribution is -0.994. The van der Waals surface area contributed by atoms with Gasteiger partial charge in [0.2, 0.25) is 0 Å². The van der Waals surface area contributed by atoms with Crippen molar-refractivity contribution in [1.82, 2.24) is 0 Å². The molecule has 21 heavy (non-hydrogen) atoms. The molecular formula is C18H24N2O+2. The van der Waals surface area contributed by atoms with Crippen molar-refractivity contribution >= 4 is 5.69 Å². The summed E-state index contributed by atoms with van der Waals surface area (Å²) in [7, 11) is 1.73. The third kappa shape index (κ3) is 3.63. The summed E-state index contributed by atoms with van der Waals surface area (Å²) >= 11 is 0. The number of hydrogen-bond acceptors (Lipinski definition) is 1. The van der Waals surface area contributed by atoms with E-state index in [0.29, 0.717) is 0 Å². The monoisotopic (exact) mass is 284 g/mol. The second-order valence-corrected chi connectivity index (χ2v) is 5.75. The van der Waals surface area contributed by atoms with Crippen molar-refractivity contribution in [2.24, 2.45) is 0 Å². The molecule has 1 saturated heterocycles. The molecular weight excluding hydrogens is 260 g/mol. The van der Waals surface area contributed by atoms with E-state index < -0.39 is 0 Å². The molecule has 0 radical (unpaired) electrons. The molecule has 3 rings (SSSR count). The van der Waals surface area contributed by atoms with Crippen molar-refractivity contribution in [3.05, 3.63) is 60.2 Å². The Labute approximate surface area is 126 Å². The molecule has 0 aliphatic carbocycles. The van der Waals surface area contributed by atoms with Crippen molar-refractivity contribution < 1.29 is 14.5 Å². The van der Waals surface area contributed by atoms with Crippen LogP contribution < -0.4 is 14.5 Å². The van der Waals surface area contributed by atoms with Gasteiger partial charge in [0.15, 0.2) is 0 Å². The van der Waals surface area contributed by atoms with E-state index in [9.17, 15) is 0 Å². The molecule has 0 saturated carbocycles. The minimum atomic E-state index is 0.959. The van der Waals surface area contributed by atoms with Crippen molar-refractivity contribution in [3.63, 3.8) is 0 Å². The Morgan fingerprint density at radius 2 is 1.67 bits per heavy atom. The standard InChI is InChI=1S/C18H22N2O/c1-21-18-9-5-6-16(14-18)15-19-10-12-20(13-11-19)17-7-3-2-4-8-17/h2-9,14H,10-13,15H2,1H3/p+2. The van der Waals surface area contributed by atoms with Crippen LogP contribution in [0, 0.1) is 0 Å². The van der Waals surface area contributed by atoms with Crippen molar-refractivity contribution in [1.29, 1.82) is 0 Å². The fourth-order valence-electron chi connectivity index (χ4n) is 3.12. The molecule has 0 unspecified atom stereocenters. The summed E-state index contributed by atoms with van der Waals surface area (Å²) in [6, 6.07) is 19.3. The fourth-order valence-corrected chi connectivity index (χ4v) is 3.12. The quantitative estimate of drug-likeness (QED) is 0.827. The summed E-state index contributed by atoms with van der Waals surface area (Å²) in [6.45, 7) is 5.97. The Morgan fingerprint density at radius 1 is 0.905 bits per heavy atom. The smallest absolute Gasteiger partial charge is 0.132 e. The molecule has 1 heterocycles. The molecule has 0 spiro atoms. The van der Waals surface area contributed by atoms with Gasteiger partial charge in [-0.15, -0.1) is 0 Å². The molecule has 2 aromatic carbocycles. The van der Waals surface area contributed by atoms with Crippen LogP contribution in [0.1, 0.15) is 5.56 Å². The highest BCUT2D eigenvalue weighted by atomic mass is 16.5. The number of ether oxygens (including phenoxy) is 1. The summed E-state index contributed by atoms with van der Waals surface area (Å²) < 4.78 is 5.31. The number of nitrogens with one attached hydrogen (secondary N) is 2. The van der Waals surface area contributed by atoms with Gasteiger partial charge in [0.05, 0.1) is 7.11 Å². The summed E-state index contributed by atoms with van der Waals surface area (Å²) in [4.78, 5) is 3.29. The van der Waals surface area contributed by atoms with E-state index >= 15 is 0 Å². The number of piperazine rings is 1. The predicted octanol–water partition coefficient (Wildman–Crippen LogP) is 0.310. The maximum atomic E-state index is 5.31. The summed E-state index contributed by atoms with van der Waals surface area (Å²) in [5, 5.41) is 0. The molecule has 1 fully saturated rings. The Hall–Kier alpha value is -1.84. The summed E-state index contributed by atoms with van der Waals surface area (Å²) in [5.41, 5.74) is 2.80. The van der Waals surface area contributed by atoms with Crippen molar-refractivity contribution in [3.8, 4) is 5.75 Å². The first-order chi connectivity index (χ1) is 10.3. The Morgan fingerprint density at radius 3 is 2.38 bits per heavy atom. The van der Waals surface area contributed by atoms with Crippen LogP contribution in [0.15, 0.2) is 54.6 Å². The highest BCUT2D eigenvalue weighted by molar-refractivity contribution is 5.28. The minimum absolute atomic E-state index is 0.959. The molecule has 0 bridgehead atoms. The average Bonchev–Trinajstić information content (AvgIpc) is 2.56. The first-order valence-electron chi connectivity index (χ1n) is 7.72. The number of para-hydroxylation sites is 1. The molecule has 1 aliphatic rings. The van der Waals surface area contributed by atoms with E-state index in [1.807, 2.05) is 6.07 Å². The highest BCUT2D eigenvalue weighted by Gasteiger charge is 2.24. The number of hydrogen-bond donors (Lipinski definition) is 2. The number of rotatable bonds is 4. The predicted molar refractivity (Wildman–Crippen MR) is 84.2 cm³/mol. The van der Waals surface area contributed by atoms with E-state index in [4.69, 9.17) is 4.74 Å². The lowest BCUT2D eigenvalue weighted by atomic mass is 10.2. The van der Waals surface area contributed by atoms with E-state index in [0.717, 1.165) is 12.3 Å². The molecule has 3 nitrogen and oxygen atoms in total. The van der Waals surface area contributed by atoms with Crippen LogP contribution in [-0.2, 0) is 6.54 Å². The molecule has 2 N–H and O–H groups in total. The average molecular weight is 284 g/mol. The van der Waals surface area contributed by atoms with Gasteiger partial charge in [-0.25, -0.2) is 0 Å². The fraction of sp³-hybridized carbons (Fsp3) is 0.333. The molecule has 3 heteroatoms. The zero-order valence-electron chi connectivity index (χ0n) is 12.6. The van der Waals surface area contributed by atoms with Crippen LogP contribution in [0.3, 0.4) is 0 Å². The molecule has 0 aromatic heterocycles. The molecule has 1 aliphatic heterocycles. The van der Waals surface area contributed by atoms with E-state index in [1.165, 1.54) is 37.4 Å². The largest absolute Gasteiger partial charge is 0.497 e. The summed E-state index contributed by atoms with van der Waals surface area (Å²) in [6.07, 6.45) is 0. The van der Waals surface area contributed by atoms with Gasteiger partial charge in [-0.2, -0.15) is 0 Å². The van der Waals surface area contributed by atoms with Gasteiger partial charge >= 0.3 is 0 Å². The first-order valence-corrected chi connectivity index (χ1v) is 7.72. The first kappa shape index (κ1) is 14.1. The lowest BCUT2D eigenvalue weighted by Gasteiger charge is -2.29. The minimum Gasteiger partial charge on any atom is -0.497 e. The Bertz CT molecular complexity index is 562. The molecule has 2 aromatic rings. The maximum Gasteiger partial charge on any atom is 0.132 e. The van der Waals surface area contributed by atoms with E-state index in [1.54, 1.807) is 16.9 Å². The van der Waals surface area contributed by atoms with Gasteiger partial charge in [-0.1, -0.05) is 30.3 Å². The highest BCUT2D eigenvalue weighted by Crippen LogP contribution is 2.11. The van der Waals surface area contributed by atoms with Crippen LogP contribution >= 0.6 is 0 Å². The van der Waals surface area contributed by atoms with E-state index in [-0.39, 0.29) is 0 Å². The molecule has 110 valence electrons. The van der Waals surface area contributed by atoms with E-state index in [2.05, 4.69) is 48.5 Å². The van der Waals surface area contributed by atoms with Gasteiger partial charge < -0.3 is 9.64 Å². The van der Waals surface area contributed by atoms with Crippen molar-refractivity contribution in [2.45, 2.75) is 6.54 Å². The zero-order chi connectivity index (χ0) is 14.5. The van der Waals surface area contributed by atoms with Gasteiger partial charge in [0, 0.05) is 5.56 Å². The van der Waals surface area contributed by atoms with Gasteiger partial charge in [0.25, 0.3) is 0 Å². The third-order valence-electron chi connectivity index (χ3n) is 4.33. The lowest BCUT2D eigenvalue weighted by Crippen LogP contribution is -3.25. The number of methoxy groups -OCH3 is 1. The second kappa shape index (κ2) is 6.74. The van der Waals surface area contributed by atoms with Crippen LogP contribution in [0.25, 0.3) is 0 Å². The van der Waals surface area contributed by atoms with Crippen LogP contribution in [0.2, 0.25) is 0 Å². The second-order valence-electron chi connectivity index (χ2n) is 5.75. The molecule has 0 atom stereocenters. The van der Waals surface area contributed by atoms with Crippen LogP contribution in [0.4, 0.5) is 5.69 Å². The van der Waals surface area contributed by atoms with Crippen molar-refractivity contribution in [2.75, 3.05) is 33.3 Å². The number of benzene rings is 2. The Kier molecular flexibility index (Phi) is 4.53. The van der Waals surface area contributed by atoms with Crippen LogP contribution in [0.5, 0.6) is 5.75 Å². The molecule has 0 amide bonds. The third-order valence-corrected chi connectivity index (χ3v) is 4.33. The Balaban J connectivity index is 1.56. The van der Waals surface area contributed by atoms with Gasteiger partial charge in [-0.3, -0.25) is 4.90 Å². The normalized spacial score (nSPS) is 22.0. The number of quaternary nitrogens is 2. The summed E-state index contributed by atoms with van der Waals surface area (Å²) in [5.74, 6) is 0.959. The van der Waals surface area contributed by atoms with Gasteiger partial charge in [-0.05, 0) is 24.3 Å². The topological polar surface area (TPSA) is 18.1 Å². The van der Waals surface area contributed by atoms with Crippen LogP contribution in [-0.4, -0.2) is 33.3 Å². The van der Waals surface area contributed by atoms with Gasteiger partial charge in [0.1, 0.15) is 44.2 Å². The SMILES string of the molecule is COc1cccc(C[NH+]2CC[NH+](c3ccccc3)CC2)c1. The maximum absolute atomic E-state index is 5.31.